The van der Waals surface area contributed by atoms with Gasteiger partial charge in [0.25, 0.3) is 0 Å². The van der Waals surface area contributed by atoms with Crippen LogP contribution in [-0.4, -0.2) is 9.96 Å². The van der Waals surface area contributed by atoms with Crippen LogP contribution in [0.2, 0.25) is 0 Å². The molecule has 1 aromatic carbocycles. The maximum absolute atomic E-state index is 13.3. The summed E-state index contributed by atoms with van der Waals surface area (Å²) in [6, 6.07) is 4.53. The third kappa shape index (κ3) is 3.63. The van der Waals surface area contributed by atoms with Gasteiger partial charge in [0.2, 0.25) is 0 Å². The number of nitrogens with two attached hydrogens (primary N) is 1. The van der Waals surface area contributed by atoms with E-state index >= 15 is 0 Å². The lowest BCUT2D eigenvalue weighted by atomic mass is 10.2. The summed E-state index contributed by atoms with van der Waals surface area (Å²) in [6.45, 7) is 3.98. The molecule has 1 aromatic rings. The van der Waals surface area contributed by atoms with Crippen molar-refractivity contribution in [1.29, 1.82) is 0 Å². The van der Waals surface area contributed by atoms with Gasteiger partial charge in [-0.3, -0.25) is 4.21 Å². The van der Waals surface area contributed by atoms with Crippen LogP contribution in [0.1, 0.15) is 19.4 Å². The normalized spacial score (nSPS) is 13.1. The molecule has 0 fully saturated rings. The van der Waals surface area contributed by atoms with Crippen molar-refractivity contribution in [2.24, 2.45) is 5.92 Å². The van der Waals surface area contributed by atoms with Gasteiger partial charge in [-0.05, 0) is 18.1 Å². The first-order chi connectivity index (χ1) is 7.00. The highest BCUT2D eigenvalue weighted by atomic mass is 32.2. The highest BCUT2D eigenvalue weighted by Crippen LogP contribution is 2.18. The van der Waals surface area contributed by atoms with E-state index in [9.17, 15) is 8.60 Å². The fraction of sp³-hybridized carbons (Fsp3) is 0.455. The van der Waals surface area contributed by atoms with E-state index in [0.29, 0.717) is 22.9 Å². The Morgan fingerprint density at radius 2 is 2.13 bits per heavy atom. The predicted octanol–water partition coefficient (Wildman–Crippen LogP) is 2.31. The van der Waals surface area contributed by atoms with Crippen molar-refractivity contribution in [2.75, 3.05) is 11.5 Å². The van der Waals surface area contributed by atoms with Gasteiger partial charge in [0.05, 0.1) is 5.75 Å². The number of halogens is 1. The van der Waals surface area contributed by atoms with Crippen LogP contribution in [-0.2, 0) is 16.6 Å². The molecule has 0 bridgehead atoms. The monoisotopic (exact) mass is 229 g/mol. The van der Waals surface area contributed by atoms with E-state index in [2.05, 4.69) is 0 Å². The van der Waals surface area contributed by atoms with Crippen molar-refractivity contribution >= 4 is 16.5 Å². The molecule has 4 heteroatoms. The number of nitrogen functional groups attached to an aromatic ring is 1. The molecule has 1 atom stereocenters. The first-order valence-corrected chi connectivity index (χ1v) is 6.37. The van der Waals surface area contributed by atoms with Crippen molar-refractivity contribution in [3.8, 4) is 0 Å². The van der Waals surface area contributed by atoms with Gasteiger partial charge in [0.15, 0.2) is 0 Å². The molecule has 2 N–H and O–H groups in total. The van der Waals surface area contributed by atoms with Crippen LogP contribution in [0.5, 0.6) is 0 Å². The molecule has 0 radical (unpaired) electrons. The summed E-state index contributed by atoms with van der Waals surface area (Å²) < 4.78 is 24.9. The van der Waals surface area contributed by atoms with Crippen LogP contribution >= 0.6 is 0 Å². The number of hydrogen-bond acceptors (Lipinski definition) is 2. The molecule has 0 heterocycles. The highest BCUT2D eigenvalue weighted by Gasteiger charge is 2.11. The fourth-order valence-electron chi connectivity index (χ4n) is 1.32. The largest absolute Gasteiger partial charge is 0.398 e. The molecule has 0 aromatic heterocycles. The van der Waals surface area contributed by atoms with Crippen LogP contribution in [0.15, 0.2) is 18.2 Å². The lowest BCUT2D eigenvalue weighted by Gasteiger charge is -2.08. The third-order valence-electron chi connectivity index (χ3n) is 1.98. The molecule has 0 aliphatic rings. The first-order valence-electron chi connectivity index (χ1n) is 4.88. The van der Waals surface area contributed by atoms with E-state index in [4.69, 9.17) is 5.73 Å². The molecule has 1 unspecified atom stereocenters. The first kappa shape index (κ1) is 12.2. The minimum Gasteiger partial charge on any atom is -0.398 e. The fourth-order valence-corrected chi connectivity index (χ4v) is 2.81. The van der Waals surface area contributed by atoms with Crippen molar-refractivity contribution in [3.05, 3.63) is 29.6 Å². The van der Waals surface area contributed by atoms with Gasteiger partial charge in [-0.2, -0.15) is 0 Å². The summed E-state index contributed by atoms with van der Waals surface area (Å²) in [7, 11) is -1.04. The van der Waals surface area contributed by atoms with Gasteiger partial charge in [-0.1, -0.05) is 19.9 Å². The van der Waals surface area contributed by atoms with Gasteiger partial charge >= 0.3 is 0 Å². The summed E-state index contributed by atoms with van der Waals surface area (Å²) in [4.78, 5) is 0. The van der Waals surface area contributed by atoms with Gasteiger partial charge in [-0.25, -0.2) is 4.39 Å². The van der Waals surface area contributed by atoms with E-state index < -0.39 is 10.8 Å². The Morgan fingerprint density at radius 1 is 1.47 bits per heavy atom. The molecule has 0 saturated carbocycles. The molecule has 0 aliphatic heterocycles. The molecule has 1 rings (SSSR count). The topological polar surface area (TPSA) is 43.1 Å². The van der Waals surface area contributed by atoms with Crippen LogP contribution in [0.25, 0.3) is 0 Å². The molecular weight excluding hydrogens is 213 g/mol. The van der Waals surface area contributed by atoms with E-state index in [1.54, 1.807) is 12.1 Å². The number of benzene rings is 1. The summed E-state index contributed by atoms with van der Waals surface area (Å²) in [5.74, 6) is 0.760. The van der Waals surface area contributed by atoms with Crippen molar-refractivity contribution in [2.45, 2.75) is 19.6 Å². The minimum absolute atomic E-state index is 0.205. The molecule has 0 saturated heterocycles. The molecule has 15 heavy (non-hydrogen) atoms. The summed E-state index contributed by atoms with van der Waals surface area (Å²) in [5, 5.41) is 0. The maximum Gasteiger partial charge on any atom is 0.129 e. The zero-order chi connectivity index (χ0) is 11.4. The molecule has 84 valence electrons. The molecule has 0 aliphatic carbocycles. The van der Waals surface area contributed by atoms with Crippen LogP contribution in [0, 0.1) is 11.7 Å². The van der Waals surface area contributed by atoms with Crippen molar-refractivity contribution < 1.29 is 8.60 Å². The van der Waals surface area contributed by atoms with Gasteiger partial charge in [0, 0.05) is 27.8 Å². The second-order valence-electron chi connectivity index (χ2n) is 3.95. The van der Waals surface area contributed by atoms with Crippen LogP contribution in [0.4, 0.5) is 10.1 Å². The summed E-state index contributed by atoms with van der Waals surface area (Å²) in [5.41, 5.74) is 6.38. The SMILES string of the molecule is CC(C)CS(=O)Cc1c(N)cccc1F. The molecular formula is C11H16FNOS. The van der Waals surface area contributed by atoms with Crippen molar-refractivity contribution in [3.63, 3.8) is 0 Å². The Balaban J connectivity index is 2.76. The standard InChI is InChI=1S/C11H16FNOS/c1-8(2)6-15(14)7-9-10(12)4-3-5-11(9)13/h3-5,8H,6-7,13H2,1-2H3. The Kier molecular flexibility index (Phi) is 4.27. The van der Waals surface area contributed by atoms with Gasteiger partial charge in [0.1, 0.15) is 5.82 Å². The predicted molar refractivity (Wildman–Crippen MR) is 62.4 cm³/mol. The quantitative estimate of drug-likeness (QED) is 0.805. The van der Waals surface area contributed by atoms with Crippen LogP contribution < -0.4 is 5.73 Å². The zero-order valence-electron chi connectivity index (χ0n) is 9.00. The third-order valence-corrected chi connectivity index (χ3v) is 3.63. The second kappa shape index (κ2) is 5.26. The Morgan fingerprint density at radius 3 is 2.67 bits per heavy atom. The van der Waals surface area contributed by atoms with E-state index in [1.165, 1.54) is 6.07 Å². The lowest BCUT2D eigenvalue weighted by Crippen LogP contribution is -2.09. The maximum atomic E-state index is 13.3. The summed E-state index contributed by atoms with van der Waals surface area (Å²) in [6.07, 6.45) is 0. The smallest absolute Gasteiger partial charge is 0.129 e. The van der Waals surface area contributed by atoms with E-state index in [1.807, 2.05) is 13.8 Å². The Bertz CT molecular complexity index is 345. The second-order valence-corrected chi connectivity index (χ2v) is 5.45. The van der Waals surface area contributed by atoms with E-state index in [0.717, 1.165) is 0 Å². The number of hydrogen-bond donors (Lipinski definition) is 1. The van der Waals surface area contributed by atoms with Crippen LogP contribution in [0.3, 0.4) is 0 Å². The number of rotatable bonds is 4. The lowest BCUT2D eigenvalue weighted by molar-refractivity contribution is 0.615. The molecule has 0 amide bonds. The Labute approximate surface area is 92.1 Å². The van der Waals surface area contributed by atoms with Gasteiger partial charge in [-0.15, -0.1) is 0 Å². The molecule has 0 spiro atoms. The van der Waals surface area contributed by atoms with Gasteiger partial charge < -0.3 is 5.73 Å². The van der Waals surface area contributed by atoms with E-state index in [-0.39, 0.29) is 11.6 Å². The zero-order valence-corrected chi connectivity index (χ0v) is 9.81. The average molecular weight is 229 g/mol. The summed E-state index contributed by atoms with van der Waals surface area (Å²) >= 11 is 0. The minimum atomic E-state index is -1.04. The highest BCUT2D eigenvalue weighted by molar-refractivity contribution is 7.84. The van der Waals surface area contributed by atoms with Crippen molar-refractivity contribution in [1.82, 2.24) is 0 Å². The Hall–Kier alpha value is -0.900. The number of anilines is 1. The molecule has 2 nitrogen and oxygen atoms in total. The average Bonchev–Trinajstić information content (AvgIpc) is 2.10.